The van der Waals surface area contributed by atoms with Gasteiger partial charge in [0, 0.05) is 29.1 Å². The first-order chi connectivity index (χ1) is 14.7. The van der Waals surface area contributed by atoms with Gasteiger partial charge in [0.2, 0.25) is 0 Å². The minimum absolute atomic E-state index is 0.317. The third-order valence-corrected chi connectivity index (χ3v) is 5.73. The zero-order valence-electron chi connectivity index (χ0n) is 15.5. The van der Waals surface area contributed by atoms with Crippen molar-refractivity contribution in [3.63, 3.8) is 0 Å². The van der Waals surface area contributed by atoms with Gasteiger partial charge in [0.1, 0.15) is 17.3 Å². The van der Waals surface area contributed by atoms with E-state index in [0.29, 0.717) is 23.4 Å². The van der Waals surface area contributed by atoms with E-state index in [9.17, 15) is 4.39 Å². The molecule has 0 saturated heterocycles. The normalized spacial score (nSPS) is 11.1. The number of hydrogen-bond acceptors (Lipinski definition) is 6. The van der Waals surface area contributed by atoms with E-state index in [0.717, 1.165) is 27.1 Å². The van der Waals surface area contributed by atoms with Crippen molar-refractivity contribution in [3.05, 3.63) is 82.0 Å². The van der Waals surface area contributed by atoms with Crippen LogP contribution in [0.25, 0.3) is 28.2 Å². The smallest absolute Gasteiger partial charge is 0.172 e. The molecular formula is C21H14BrFN6S. The van der Waals surface area contributed by atoms with Crippen LogP contribution in [0.2, 0.25) is 0 Å². The summed E-state index contributed by atoms with van der Waals surface area (Å²) < 4.78 is 20.7. The predicted molar refractivity (Wildman–Crippen MR) is 119 cm³/mol. The second-order valence-electron chi connectivity index (χ2n) is 6.58. The van der Waals surface area contributed by atoms with E-state index in [1.165, 1.54) is 17.6 Å². The first-order valence-corrected chi connectivity index (χ1v) is 10.7. The number of fused-ring (bicyclic) bond motifs is 1. The van der Waals surface area contributed by atoms with Crippen molar-refractivity contribution in [2.24, 2.45) is 0 Å². The van der Waals surface area contributed by atoms with Crippen molar-refractivity contribution < 1.29 is 4.39 Å². The molecule has 1 N–H and O–H groups in total. The summed E-state index contributed by atoms with van der Waals surface area (Å²) in [5.41, 5.74) is 4.58. The molecule has 5 aromatic rings. The molecule has 0 radical (unpaired) electrons. The van der Waals surface area contributed by atoms with Gasteiger partial charge in [-0.15, -0.1) is 5.10 Å². The molecule has 0 amide bonds. The van der Waals surface area contributed by atoms with Gasteiger partial charge in [0.25, 0.3) is 0 Å². The van der Waals surface area contributed by atoms with Gasteiger partial charge in [-0.25, -0.2) is 9.37 Å². The maximum Gasteiger partial charge on any atom is 0.172 e. The number of rotatable bonds is 5. The second kappa shape index (κ2) is 7.92. The molecule has 3 heterocycles. The number of anilines is 1. The molecule has 30 heavy (non-hydrogen) atoms. The van der Waals surface area contributed by atoms with Gasteiger partial charge in [0.05, 0.1) is 16.4 Å². The molecule has 148 valence electrons. The van der Waals surface area contributed by atoms with E-state index in [1.807, 2.05) is 29.6 Å². The van der Waals surface area contributed by atoms with Crippen LogP contribution in [-0.2, 0) is 6.54 Å². The minimum Gasteiger partial charge on any atom is -0.366 e. The molecule has 0 atom stereocenters. The maximum atomic E-state index is 14.3. The zero-order chi connectivity index (χ0) is 20.5. The quantitative estimate of drug-likeness (QED) is 0.363. The average Bonchev–Trinajstić information content (AvgIpc) is 3.43. The highest BCUT2D eigenvalue weighted by molar-refractivity contribution is 9.10. The summed E-state index contributed by atoms with van der Waals surface area (Å²) in [6.45, 7) is 0.572. The van der Waals surface area contributed by atoms with Crippen molar-refractivity contribution in [1.29, 1.82) is 0 Å². The van der Waals surface area contributed by atoms with Crippen molar-refractivity contribution in [3.8, 4) is 22.5 Å². The lowest BCUT2D eigenvalue weighted by atomic mass is 10.1. The Bertz CT molecular complexity index is 1320. The van der Waals surface area contributed by atoms with Gasteiger partial charge in [-0.2, -0.15) is 9.61 Å². The number of halogens is 2. The lowest BCUT2D eigenvalue weighted by Crippen LogP contribution is -2.07. The van der Waals surface area contributed by atoms with Crippen molar-refractivity contribution in [1.82, 2.24) is 24.2 Å². The number of hydrogen-bond donors (Lipinski definition) is 1. The molecule has 5 rings (SSSR count). The van der Waals surface area contributed by atoms with Gasteiger partial charge in [-0.05, 0) is 45.2 Å². The van der Waals surface area contributed by atoms with E-state index in [4.69, 9.17) is 0 Å². The standard InChI is InChI=1S/C21H14BrFN6S/c22-16-11-25-29-20(9-18(26-21(16)29)15-3-1-2-4-17(15)23)24-10-13-5-7-14(8-6-13)19-12-30-28-27-19/h1-9,11-12,24H,10H2. The van der Waals surface area contributed by atoms with Crippen LogP contribution in [0.4, 0.5) is 10.2 Å². The van der Waals surface area contributed by atoms with Gasteiger partial charge >= 0.3 is 0 Å². The highest BCUT2D eigenvalue weighted by Crippen LogP contribution is 2.28. The SMILES string of the molecule is Fc1ccccc1-c1cc(NCc2ccc(-c3csnn3)cc2)n2ncc(Br)c2n1. The fraction of sp³-hybridized carbons (Fsp3) is 0.0476. The molecule has 3 aromatic heterocycles. The van der Waals surface area contributed by atoms with Crippen LogP contribution < -0.4 is 5.32 Å². The number of aromatic nitrogens is 5. The Morgan fingerprint density at radius 1 is 1.07 bits per heavy atom. The first-order valence-electron chi connectivity index (χ1n) is 9.08. The summed E-state index contributed by atoms with van der Waals surface area (Å²) in [7, 11) is 0. The Kier molecular flexibility index (Phi) is 4.97. The molecule has 9 heteroatoms. The Morgan fingerprint density at radius 2 is 1.90 bits per heavy atom. The van der Waals surface area contributed by atoms with Gasteiger partial charge in [-0.1, -0.05) is 40.9 Å². The lowest BCUT2D eigenvalue weighted by Gasteiger charge is -2.11. The Morgan fingerprint density at radius 3 is 2.67 bits per heavy atom. The largest absolute Gasteiger partial charge is 0.366 e. The van der Waals surface area contributed by atoms with Crippen molar-refractivity contribution in [2.75, 3.05) is 5.32 Å². The molecule has 0 saturated carbocycles. The van der Waals surface area contributed by atoms with Crippen LogP contribution in [0.15, 0.2) is 70.6 Å². The molecule has 0 aliphatic carbocycles. The fourth-order valence-electron chi connectivity index (χ4n) is 3.15. The van der Waals surface area contributed by atoms with Crippen LogP contribution in [0.5, 0.6) is 0 Å². The zero-order valence-corrected chi connectivity index (χ0v) is 17.9. The van der Waals surface area contributed by atoms with Crippen LogP contribution >= 0.6 is 27.5 Å². The Labute approximate surface area is 183 Å². The van der Waals surface area contributed by atoms with Gasteiger partial charge in [-0.3, -0.25) is 0 Å². The monoisotopic (exact) mass is 480 g/mol. The average molecular weight is 481 g/mol. The van der Waals surface area contributed by atoms with E-state index in [1.54, 1.807) is 35.0 Å². The van der Waals surface area contributed by atoms with Gasteiger partial charge < -0.3 is 5.32 Å². The third-order valence-electron chi connectivity index (χ3n) is 4.66. The van der Waals surface area contributed by atoms with Gasteiger partial charge in [0.15, 0.2) is 5.65 Å². The van der Waals surface area contributed by atoms with E-state index < -0.39 is 0 Å². The molecule has 0 bridgehead atoms. The molecule has 0 unspecified atom stereocenters. The predicted octanol–water partition coefficient (Wildman–Crippen LogP) is 5.43. The summed E-state index contributed by atoms with van der Waals surface area (Å²) in [6, 6.07) is 16.5. The molecule has 0 spiro atoms. The highest BCUT2D eigenvalue weighted by Gasteiger charge is 2.13. The van der Waals surface area contributed by atoms with Crippen LogP contribution in [0.3, 0.4) is 0 Å². The van der Waals surface area contributed by atoms with E-state index >= 15 is 0 Å². The topological polar surface area (TPSA) is 68.0 Å². The molecule has 2 aromatic carbocycles. The summed E-state index contributed by atoms with van der Waals surface area (Å²) in [5, 5.41) is 13.8. The van der Waals surface area contributed by atoms with E-state index in [2.05, 4.69) is 40.9 Å². The molecule has 0 aliphatic rings. The maximum absolute atomic E-state index is 14.3. The second-order valence-corrected chi connectivity index (χ2v) is 8.04. The summed E-state index contributed by atoms with van der Waals surface area (Å²) in [5.74, 6) is 0.403. The van der Waals surface area contributed by atoms with Crippen LogP contribution in [-0.4, -0.2) is 24.2 Å². The number of nitrogens with zero attached hydrogens (tertiary/aromatic N) is 5. The Hall–Kier alpha value is -3.17. The van der Waals surface area contributed by atoms with Crippen LogP contribution in [0, 0.1) is 5.82 Å². The van der Waals surface area contributed by atoms with Crippen molar-refractivity contribution in [2.45, 2.75) is 6.54 Å². The number of nitrogens with one attached hydrogen (secondary N) is 1. The molecular weight excluding hydrogens is 467 g/mol. The first kappa shape index (κ1) is 18.8. The minimum atomic E-state index is -0.317. The highest BCUT2D eigenvalue weighted by atomic mass is 79.9. The van der Waals surface area contributed by atoms with Crippen molar-refractivity contribution >= 4 is 38.9 Å². The molecule has 6 nitrogen and oxygen atoms in total. The van der Waals surface area contributed by atoms with E-state index in [-0.39, 0.29) is 5.82 Å². The lowest BCUT2D eigenvalue weighted by molar-refractivity contribution is 0.630. The summed E-state index contributed by atoms with van der Waals surface area (Å²) >= 11 is 4.80. The third kappa shape index (κ3) is 3.57. The van der Waals surface area contributed by atoms with Crippen LogP contribution in [0.1, 0.15) is 5.56 Å². The number of benzene rings is 2. The summed E-state index contributed by atoms with van der Waals surface area (Å²) in [4.78, 5) is 4.58. The fourth-order valence-corrected chi connectivity index (χ4v) is 3.96. The summed E-state index contributed by atoms with van der Waals surface area (Å²) in [6.07, 6.45) is 1.68. The Balaban J connectivity index is 1.46. The molecule has 0 fully saturated rings. The molecule has 0 aliphatic heterocycles.